The van der Waals surface area contributed by atoms with Gasteiger partial charge in [-0.1, -0.05) is 6.07 Å². The quantitative estimate of drug-likeness (QED) is 0.603. The molecule has 28 heavy (non-hydrogen) atoms. The number of nitrogens with two attached hydrogens (primary N) is 1. The van der Waals surface area contributed by atoms with E-state index in [2.05, 4.69) is 0 Å². The van der Waals surface area contributed by atoms with Gasteiger partial charge in [-0.3, -0.25) is 9.59 Å². The number of fused-ring (bicyclic) bond motifs is 2. The molecular formula is C21H17NO6. The average Bonchev–Trinajstić information content (AvgIpc) is 2.65. The Balaban J connectivity index is 2.03. The molecule has 1 amide bonds. The second kappa shape index (κ2) is 6.63. The molecule has 0 fully saturated rings. The maximum atomic E-state index is 11.9. The fraction of sp³-hybridized carbons (Fsp3) is 0.143. The minimum Gasteiger partial charge on any atom is -0.508 e. The maximum Gasteiger partial charge on any atom is 0.248 e. The summed E-state index contributed by atoms with van der Waals surface area (Å²) in [5.74, 6) is -0.0602. The van der Waals surface area contributed by atoms with Gasteiger partial charge < -0.3 is 25.8 Å². The highest BCUT2D eigenvalue weighted by atomic mass is 16.5. The molecule has 1 heterocycles. The van der Waals surface area contributed by atoms with Crippen LogP contribution in [0.2, 0.25) is 0 Å². The third-order valence-electron chi connectivity index (χ3n) is 4.85. The van der Waals surface area contributed by atoms with Crippen molar-refractivity contribution in [2.75, 3.05) is 0 Å². The fourth-order valence-electron chi connectivity index (χ4n) is 3.56. The molecule has 0 atom stereocenters. The lowest BCUT2D eigenvalue weighted by Crippen LogP contribution is -2.18. The first-order chi connectivity index (χ1) is 13.3. The molecule has 0 radical (unpaired) electrons. The Morgan fingerprint density at radius 2 is 1.82 bits per heavy atom. The normalized spacial score (nSPS) is 15.7. The van der Waals surface area contributed by atoms with E-state index in [1.165, 1.54) is 30.3 Å². The van der Waals surface area contributed by atoms with Gasteiger partial charge in [-0.25, -0.2) is 0 Å². The summed E-state index contributed by atoms with van der Waals surface area (Å²) < 4.78 is 5.82. The van der Waals surface area contributed by atoms with Gasteiger partial charge in [0, 0.05) is 46.4 Å². The highest BCUT2D eigenvalue weighted by Crippen LogP contribution is 2.46. The van der Waals surface area contributed by atoms with Crippen LogP contribution in [0.15, 0.2) is 53.8 Å². The van der Waals surface area contributed by atoms with Gasteiger partial charge in [-0.15, -0.1) is 0 Å². The topological polar surface area (TPSA) is 130 Å². The Kier molecular flexibility index (Phi) is 4.26. The van der Waals surface area contributed by atoms with Crippen molar-refractivity contribution in [2.45, 2.75) is 19.1 Å². The summed E-state index contributed by atoms with van der Waals surface area (Å²) in [5, 5.41) is 29.6. The fourth-order valence-corrected chi connectivity index (χ4v) is 3.56. The van der Waals surface area contributed by atoms with Crippen LogP contribution in [0.25, 0.3) is 5.57 Å². The molecule has 2 aromatic carbocycles. The average molecular weight is 379 g/mol. The number of aliphatic hydroxyl groups excluding tert-OH is 1. The number of phenols is 1. The summed E-state index contributed by atoms with van der Waals surface area (Å²) in [5.41, 5.74) is 8.07. The molecule has 0 saturated heterocycles. The summed E-state index contributed by atoms with van der Waals surface area (Å²) >= 11 is 0. The summed E-state index contributed by atoms with van der Waals surface area (Å²) in [6, 6.07) is 9.02. The third-order valence-corrected chi connectivity index (χ3v) is 4.85. The Labute approximate surface area is 160 Å². The predicted octanol–water partition coefficient (Wildman–Crippen LogP) is 1.92. The second-order valence-electron chi connectivity index (χ2n) is 6.65. The first-order valence-corrected chi connectivity index (χ1v) is 8.64. The lowest BCUT2D eigenvalue weighted by molar-refractivity contribution is -0.114. The number of aromatic hydroxyl groups is 1. The van der Waals surface area contributed by atoms with Crippen molar-refractivity contribution in [3.63, 3.8) is 0 Å². The van der Waals surface area contributed by atoms with Crippen LogP contribution in [0.1, 0.15) is 46.2 Å². The largest absolute Gasteiger partial charge is 0.508 e. The predicted molar refractivity (Wildman–Crippen MR) is 99.2 cm³/mol. The minimum absolute atomic E-state index is 0.00391. The number of phenolic OH excluding ortho intramolecular Hbond substituents is 1. The van der Waals surface area contributed by atoms with Crippen molar-refractivity contribution in [3.8, 4) is 11.5 Å². The zero-order chi connectivity index (χ0) is 20.0. The van der Waals surface area contributed by atoms with E-state index in [-0.39, 0.29) is 22.7 Å². The number of rotatable bonds is 3. The SMILES string of the molecule is NC(=O)c1ccc(C2=C3CCC(=O)C=C3Oc3cc(O)ccc32)c(C(O)O)c1. The molecule has 5 N–H and O–H groups in total. The number of amides is 1. The molecule has 142 valence electrons. The monoisotopic (exact) mass is 379 g/mol. The van der Waals surface area contributed by atoms with Gasteiger partial charge in [-0.2, -0.15) is 0 Å². The first-order valence-electron chi connectivity index (χ1n) is 8.64. The molecule has 7 nitrogen and oxygen atoms in total. The smallest absolute Gasteiger partial charge is 0.248 e. The van der Waals surface area contributed by atoms with E-state index in [4.69, 9.17) is 10.5 Å². The number of hydrogen-bond acceptors (Lipinski definition) is 6. The molecule has 2 aliphatic rings. The van der Waals surface area contributed by atoms with E-state index in [9.17, 15) is 24.9 Å². The summed E-state index contributed by atoms with van der Waals surface area (Å²) in [7, 11) is 0. The number of aliphatic hydroxyl groups is 2. The van der Waals surface area contributed by atoms with E-state index >= 15 is 0 Å². The molecule has 1 aliphatic heterocycles. The van der Waals surface area contributed by atoms with E-state index in [1.807, 2.05) is 0 Å². The van der Waals surface area contributed by atoms with Gasteiger partial charge in [0.1, 0.15) is 17.3 Å². The van der Waals surface area contributed by atoms with Crippen LogP contribution in [0.3, 0.4) is 0 Å². The van der Waals surface area contributed by atoms with Crippen molar-refractivity contribution < 1.29 is 29.6 Å². The van der Waals surface area contributed by atoms with E-state index in [0.29, 0.717) is 41.1 Å². The molecule has 1 aliphatic carbocycles. The third kappa shape index (κ3) is 2.96. The van der Waals surface area contributed by atoms with Crippen molar-refractivity contribution in [1.82, 2.24) is 0 Å². The second-order valence-corrected chi connectivity index (χ2v) is 6.65. The number of allylic oxidation sites excluding steroid dienone is 2. The Hall–Kier alpha value is -3.42. The van der Waals surface area contributed by atoms with E-state index in [1.54, 1.807) is 12.1 Å². The molecule has 2 aromatic rings. The minimum atomic E-state index is -1.84. The molecule has 0 bridgehead atoms. The summed E-state index contributed by atoms with van der Waals surface area (Å²) in [6.45, 7) is 0. The van der Waals surface area contributed by atoms with Gasteiger partial charge in [-0.05, 0) is 36.2 Å². The van der Waals surface area contributed by atoms with Crippen LogP contribution < -0.4 is 10.5 Å². The van der Waals surface area contributed by atoms with Crippen molar-refractivity contribution in [2.24, 2.45) is 5.73 Å². The van der Waals surface area contributed by atoms with Crippen molar-refractivity contribution >= 4 is 17.3 Å². The number of primary amides is 1. The summed E-state index contributed by atoms with van der Waals surface area (Å²) in [4.78, 5) is 23.4. The molecule has 7 heteroatoms. The Bertz CT molecular complexity index is 1080. The van der Waals surface area contributed by atoms with Gasteiger partial charge >= 0.3 is 0 Å². The number of ketones is 1. The number of ether oxygens (including phenoxy) is 1. The van der Waals surface area contributed by atoms with Crippen LogP contribution in [-0.2, 0) is 4.79 Å². The van der Waals surface area contributed by atoms with Gasteiger partial charge in [0.2, 0.25) is 5.91 Å². The number of benzene rings is 2. The van der Waals surface area contributed by atoms with E-state index in [0.717, 1.165) is 5.57 Å². The zero-order valence-corrected chi connectivity index (χ0v) is 14.7. The lowest BCUT2D eigenvalue weighted by Gasteiger charge is -2.29. The number of carbonyl (C=O) groups is 2. The van der Waals surface area contributed by atoms with Crippen LogP contribution in [-0.4, -0.2) is 27.0 Å². The molecular weight excluding hydrogens is 362 g/mol. The van der Waals surface area contributed by atoms with Gasteiger partial charge in [0.05, 0.1) is 0 Å². The Morgan fingerprint density at radius 3 is 2.54 bits per heavy atom. The molecule has 0 unspecified atom stereocenters. The number of hydrogen-bond donors (Lipinski definition) is 4. The zero-order valence-electron chi connectivity index (χ0n) is 14.7. The van der Waals surface area contributed by atoms with Crippen LogP contribution >= 0.6 is 0 Å². The van der Waals surface area contributed by atoms with Crippen molar-refractivity contribution in [1.29, 1.82) is 0 Å². The Morgan fingerprint density at radius 1 is 1.07 bits per heavy atom. The van der Waals surface area contributed by atoms with Crippen molar-refractivity contribution in [3.05, 3.63) is 76.1 Å². The molecule has 0 spiro atoms. The molecule has 0 aromatic heterocycles. The lowest BCUT2D eigenvalue weighted by atomic mass is 9.82. The van der Waals surface area contributed by atoms with Crippen LogP contribution in [0.5, 0.6) is 11.5 Å². The van der Waals surface area contributed by atoms with E-state index < -0.39 is 12.2 Å². The van der Waals surface area contributed by atoms with Crippen LogP contribution in [0.4, 0.5) is 0 Å². The van der Waals surface area contributed by atoms with Gasteiger partial charge in [0.25, 0.3) is 0 Å². The first kappa shape index (κ1) is 18.0. The highest BCUT2D eigenvalue weighted by Gasteiger charge is 2.31. The molecule has 4 rings (SSSR count). The highest BCUT2D eigenvalue weighted by molar-refractivity contribution is 5.98. The number of carbonyl (C=O) groups excluding carboxylic acids is 2. The molecule has 0 saturated carbocycles. The van der Waals surface area contributed by atoms with Gasteiger partial charge in [0.15, 0.2) is 12.1 Å². The standard InChI is InChI=1S/C21H17NO6/c22-20(25)10-1-4-13(16(7-10)21(26)27)19-14-5-2-11(23)8-17(14)28-18-9-12(24)3-6-15(18)19/h1-2,4-5,7-9,21,23,26-27H,3,6H2,(H2,22,25). The van der Waals surface area contributed by atoms with Crippen LogP contribution in [0, 0.1) is 0 Å². The maximum absolute atomic E-state index is 11.9. The summed E-state index contributed by atoms with van der Waals surface area (Å²) in [6.07, 6.45) is 0.274.